The maximum Gasteiger partial charge on any atom is 0.278 e. The largest absolute Gasteiger partial charge is 0.497 e. The van der Waals surface area contributed by atoms with Gasteiger partial charge >= 0.3 is 0 Å². The van der Waals surface area contributed by atoms with Crippen LogP contribution in [0.25, 0.3) is 0 Å². The first-order valence-electron chi connectivity index (χ1n) is 17.5. The van der Waals surface area contributed by atoms with Crippen molar-refractivity contribution in [2.45, 2.75) is 71.3 Å². The van der Waals surface area contributed by atoms with Gasteiger partial charge in [-0.1, -0.05) is 94.5 Å². The van der Waals surface area contributed by atoms with E-state index in [2.05, 4.69) is 73.5 Å². The number of aliphatic imine (C=N–C) groups is 1. The zero-order chi connectivity index (χ0) is 40.5. The van der Waals surface area contributed by atoms with E-state index < -0.39 is 29.6 Å². The summed E-state index contributed by atoms with van der Waals surface area (Å²) in [6.45, 7) is 12.7. The zero-order valence-corrected chi connectivity index (χ0v) is 34.1. The minimum atomic E-state index is -1.58. The van der Waals surface area contributed by atoms with Gasteiger partial charge in [-0.05, 0) is 89.9 Å². The lowest BCUT2D eigenvalue weighted by Gasteiger charge is -2.30. The van der Waals surface area contributed by atoms with E-state index >= 15 is 0 Å². The first-order valence-corrected chi connectivity index (χ1v) is 18.7. The van der Waals surface area contributed by atoms with Crippen LogP contribution in [-0.2, 0) is 20.4 Å². The molecule has 0 aromatic heterocycles. The molecule has 55 heavy (non-hydrogen) atoms. The van der Waals surface area contributed by atoms with Crippen molar-refractivity contribution in [3.8, 4) is 11.5 Å². The Labute approximate surface area is 336 Å². The summed E-state index contributed by atoms with van der Waals surface area (Å²) < 4.78 is 11.2. The monoisotopic (exact) mass is 806 g/mol. The minimum Gasteiger partial charge on any atom is -0.497 e. The van der Waals surface area contributed by atoms with Gasteiger partial charge in [0.2, 0.25) is 6.04 Å². The molecular weight excluding hydrogens is 763 g/mol. The fourth-order valence-electron chi connectivity index (χ4n) is 5.19. The highest BCUT2D eigenvalue weighted by Crippen LogP contribution is 2.39. The third kappa shape index (κ3) is 11.3. The summed E-state index contributed by atoms with van der Waals surface area (Å²) in [5.41, 5.74) is 9.11. The van der Waals surface area contributed by atoms with E-state index in [1.54, 1.807) is 36.4 Å². The van der Waals surface area contributed by atoms with Crippen LogP contribution in [0.4, 0.5) is 17.1 Å². The predicted molar refractivity (Wildman–Crippen MR) is 221 cm³/mol. The first-order chi connectivity index (χ1) is 26.0. The van der Waals surface area contributed by atoms with E-state index in [1.807, 2.05) is 12.1 Å². The van der Waals surface area contributed by atoms with E-state index in [1.165, 1.54) is 36.9 Å². The Hall–Kier alpha value is -4.97. The van der Waals surface area contributed by atoms with E-state index in [0.29, 0.717) is 22.9 Å². The Kier molecular flexibility index (Phi) is 14.4. The summed E-state index contributed by atoms with van der Waals surface area (Å²) in [6, 6.07) is 20.0. The lowest BCUT2D eigenvalue weighted by atomic mass is 9.76. The summed E-state index contributed by atoms with van der Waals surface area (Å²) in [4.78, 5) is 44.0. The van der Waals surface area contributed by atoms with Gasteiger partial charge in [-0.25, -0.2) is 0 Å². The van der Waals surface area contributed by atoms with Gasteiger partial charge in [-0.2, -0.15) is 15.2 Å². The first kappa shape index (κ1) is 42.8. The molecule has 0 bridgehead atoms. The molecule has 3 amide bonds. The number of rotatable bonds is 15. The normalized spacial score (nSPS) is 12.7. The molecule has 0 saturated heterocycles. The second kappa shape index (κ2) is 18.6. The smallest absolute Gasteiger partial charge is 0.278 e. The molecule has 0 radical (unpaired) electrons. The van der Waals surface area contributed by atoms with E-state index in [9.17, 15) is 14.4 Å². The van der Waals surface area contributed by atoms with Crippen LogP contribution in [0, 0.1) is 0 Å². The van der Waals surface area contributed by atoms with Crippen LogP contribution >= 0.6 is 34.8 Å². The van der Waals surface area contributed by atoms with Crippen LogP contribution in [0.1, 0.15) is 75.9 Å². The number of anilines is 2. The number of carbonyl (C=O) groups is 3. The van der Waals surface area contributed by atoms with Gasteiger partial charge < -0.3 is 25.8 Å². The summed E-state index contributed by atoms with van der Waals surface area (Å²) >= 11 is 18.6. The SMILES string of the molecule is CCC(C)(C)c1ccc(OCC(=O)Nc2cccc(C(=O)N=C(N)C(N=Nc3ccc(OC)cc3)C(=O)Nc3c(Cl)cc(Cl)cc3Cl)c2)c(C(C)(C)CC)c1. The number of carbonyl (C=O) groups excluding carboxylic acids is 3. The van der Waals surface area contributed by atoms with Crippen molar-refractivity contribution in [2.75, 3.05) is 24.4 Å². The third-order valence-corrected chi connectivity index (χ3v) is 10.2. The minimum absolute atomic E-state index is 0.0136. The van der Waals surface area contributed by atoms with Crippen LogP contribution in [0.3, 0.4) is 0 Å². The average molecular weight is 808 g/mol. The van der Waals surface area contributed by atoms with Gasteiger partial charge in [0.25, 0.3) is 17.7 Å². The van der Waals surface area contributed by atoms with E-state index in [-0.39, 0.29) is 43.8 Å². The number of nitrogens with zero attached hydrogens (tertiary/aromatic N) is 3. The maximum absolute atomic E-state index is 13.5. The van der Waals surface area contributed by atoms with Crippen LogP contribution in [-0.4, -0.2) is 43.3 Å². The molecule has 0 spiro atoms. The lowest BCUT2D eigenvalue weighted by molar-refractivity contribution is -0.118. The van der Waals surface area contributed by atoms with Gasteiger partial charge in [-0.3, -0.25) is 14.4 Å². The second-order valence-corrected chi connectivity index (χ2v) is 15.2. The molecule has 0 heterocycles. The molecule has 4 N–H and O–H groups in total. The number of azo groups is 1. The maximum atomic E-state index is 13.5. The molecule has 1 atom stereocenters. The number of amidine groups is 1. The Bertz CT molecular complexity index is 2080. The molecule has 0 aliphatic rings. The van der Waals surface area contributed by atoms with Crippen molar-refractivity contribution in [1.82, 2.24) is 0 Å². The molecule has 4 aromatic rings. The Morgan fingerprint density at radius 3 is 2.11 bits per heavy atom. The second-order valence-electron chi connectivity index (χ2n) is 14.0. The summed E-state index contributed by atoms with van der Waals surface area (Å²) in [5, 5.41) is 13.9. The van der Waals surface area contributed by atoms with Crippen LogP contribution < -0.4 is 25.8 Å². The standard InChI is InChI=1S/C41H45Cl3N6O5/c1-8-40(3,4)25-13-18-33(30(20-25)41(5,6)9-2)55-23-34(51)46-28-12-10-11-24(19-28)38(52)48-37(45)36(50-49-27-14-16-29(54-7)17-15-27)39(53)47-35-31(43)21-26(42)22-32(35)44/h10-22,36H,8-9,23H2,1-7H3,(H,46,51)(H,47,53)(H2,45,48,52). The fourth-order valence-corrected chi connectivity index (χ4v) is 6.10. The van der Waals surface area contributed by atoms with Crippen LogP contribution in [0.2, 0.25) is 15.1 Å². The molecule has 0 fully saturated rings. The number of hydrogen-bond donors (Lipinski definition) is 3. The lowest BCUT2D eigenvalue weighted by Crippen LogP contribution is -2.39. The van der Waals surface area contributed by atoms with Crippen molar-refractivity contribution in [2.24, 2.45) is 21.0 Å². The van der Waals surface area contributed by atoms with Gasteiger partial charge in [0.1, 0.15) is 17.3 Å². The number of hydrogen-bond acceptors (Lipinski definition) is 7. The predicted octanol–water partition coefficient (Wildman–Crippen LogP) is 10.3. The van der Waals surface area contributed by atoms with E-state index in [0.717, 1.165) is 18.4 Å². The molecule has 0 aliphatic heterocycles. The van der Waals surface area contributed by atoms with Crippen LogP contribution in [0.5, 0.6) is 11.5 Å². The van der Waals surface area contributed by atoms with Crippen molar-refractivity contribution in [3.05, 3.63) is 111 Å². The molecule has 0 saturated carbocycles. The number of nitrogens with one attached hydrogen (secondary N) is 2. The van der Waals surface area contributed by atoms with Gasteiger partial charge in [0.15, 0.2) is 6.61 Å². The van der Waals surface area contributed by atoms with Crippen molar-refractivity contribution < 1.29 is 23.9 Å². The molecule has 290 valence electrons. The summed E-state index contributed by atoms with van der Waals surface area (Å²) in [6.07, 6.45) is 1.85. The van der Waals surface area contributed by atoms with Gasteiger partial charge in [0.05, 0.1) is 28.5 Å². The van der Waals surface area contributed by atoms with Crippen molar-refractivity contribution in [1.29, 1.82) is 0 Å². The summed E-state index contributed by atoms with van der Waals surface area (Å²) in [5.74, 6) is -1.30. The zero-order valence-electron chi connectivity index (χ0n) is 31.8. The van der Waals surface area contributed by atoms with Crippen molar-refractivity contribution >= 4 is 75.4 Å². The quantitative estimate of drug-likeness (QED) is 0.0616. The Balaban J connectivity index is 1.53. The molecule has 4 aromatic carbocycles. The highest BCUT2D eigenvalue weighted by molar-refractivity contribution is 6.42. The fraction of sp³-hybridized carbons (Fsp3) is 0.317. The Morgan fingerprint density at radius 1 is 0.836 bits per heavy atom. The van der Waals surface area contributed by atoms with Crippen LogP contribution in [0.15, 0.2) is 94.1 Å². The molecule has 11 nitrogen and oxygen atoms in total. The molecule has 0 aliphatic carbocycles. The number of methoxy groups -OCH3 is 1. The van der Waals surface area contributed by atoms with Crippen molar-refractivity contribution in [3.63, 3.8) is 0 Å². The highest BCUT2D eigenvalue weighted by Gasteiger charge is 2.28. The number of halogens is 3. The number of benzene rings is 4. The molecular formula is C41H45Cl3N6O5. The molecule has 1 unspecified atom stereocenters. The van der Waals surface area contributed by atoms with Gasteiger partial charge in [-0.15, -0.1) is 0 Å². The topological polar surface area (TPSA) is 157 Å². The molecule has 4 rings (SSSR count). The van der Waals surface area contributed by atoms with E-state index in [4.69, 9.17) is 50.0 Å². The number of amides is 3. The Morgan fingerprint density at radius 2 is 1.49 bits per heavy atom. The molecule has 14 heteroatoms. The number of nitrogens with two attached hydrogens (primary N) is 1. The average Bonchev–Trinajstić information content (AvgIpc) is 3.15. The van der Waals surface area contributed by atoms with Gasteiger partial charge in [0, 0.05) is 21.8 Å². The third-order valence-electron chi connectivity index (χ3n) is 9.39. The number of ether oxygens (including phenoxy) is 2. The summed E-state index contributed by atoms with van der Waals surface area (Å²) in [7, 11) is 1.52. The highest BCUT2D eigenvalue weighted by atomic mass is 35.5.